The number of carbonyl (C=O) groups is 2. The molecule has 0 aromatic heterocycles. The second-order valence-corrected chi connectivity index (χ2v) is 4.95. The van der Waals surface area contributed by atoms with E-state index in [0.717, 1.165) is 19.3 Å². The van der Waals surface area contributed by atoms with E-state index in [4.69, 9.17) is 16.3 Å². The minimum atomic E-state index is -0.909. The molecule has 0 bridgehead atoms. The van der Waals surface area contributed by atoms with Gasteiger partial charge in [0, 0.05) is 0 Å². The lowest BCUT2D eigenvalue weighted by Gasteiger charge is -2.30. The lowest BCUT2D eigenvalue weighted by Crippen LogP contribution is -2.37. The van der Waals surface area contributed by atoms with Gasteiger partial charge in [-0.2, -0.15) is 0 Å². The van der Waals surface area contributed by atoms with Crippen molar-refractivity contribution in [2.24, 2.45) is 0 Å². The smallest absolute Gasteiger partial charge is 0.328 e. The second-order valence-electron chi connectivity index (χ2n) is 3.33. The first kappa shape index (κ1) is 15.2. The number of ether oxygens (including phenoxy) is 1. The Labute approximate surface area is 109 Å². The molecular formula is C10H16ClIO3. The van der Waals surface area contributed by atoms with Gasteiger partial charge < -0.3 is 4.74 Å². The van der Waals surface area contributed by atoms with Crippen molar-refractivity contribution in [1.29, 1.82) is 0 Å². The van der Waals surface area contributed by atoms with E-state index in [0.29, 0.717) is 0 Å². The van der Waals surface area contributed by atoms with Crippen molar-refractivity contribution in [3.8, 4) is 0 Å². The maximum Gasteiger partial charge on any atom is 0.328 e. The molecule has 0 N–H and O–H groups in total. The average molecular weight is 347 g/mol. The summed E-state index contributed by atoms with van der Waals surface area (Å²) in [6.45, 7) is 5.89. The van der Waals surface area contributed by atoms with Crippen LogP contribution in [0.5, 0.6) is 0 Å². The van der Waals surface area contributed by atoms with Gasteiger partial charge in [0.05, 0.1) is 0 Å². The van der Waals surface area contributed by atoms with E-state index in [-0.39, 0.29) is 0 Å². The third-order valence-corrected chi connectivity index (χ3v) is 4.32. The highest BCUT2D eigenvalue weighted by Crippen LogP contribution is 2.26. The van der Waals surface area contributed by atoms with Crippen molar-refractivity contribution in [3.63, 3.8) is 0 Å². The highest BCUT2D eigenvalue weighted by atomic mass is 127. The van der Waals surface area contributed by atoms with E-state index in [9.17, 15) is 9.59 Å². The van der Waals surface area contributed by atoms with Crippen LogP contribution in [-0.4, -0.2) is 20.7 Å². The van der Waals surface area contributed by atoms with E-state index in [2.05, 4.69) is 0 Å². The molecule has 0 aromatic carbocycles. The lowest BCUT2D eigenvalue weighted by molar-refractivity contribution is -0.160. The molecule has 0 fully saturated rings. The molecule has 0 aliphatic carbocycles. The molecule has 5 heteroatoms. The quantitative estimate of drug-likeness (QED) is 0.244. The zero-order valence-electron chi connectivity index (χ0n) is 9.18. The zero-order chi connectivity index (χ0) is 12.1. The van der Waals surface area contributed by atoms with Gasteiger partial charge in [-0.3, -0.25) is 9.59 Å². The number of rotatable bonds is 6. The van der Waals surface area contributed by atoms with Crippen LogP contribution in [0, 0.1) is 0 Å². The van der Waals surface area contributed by atoms with Crippen LogP contribution in [0.25, 0.3) is 0 Å². The minimum Gasteiger partial charge on any atom is -0.458 e. The molecule has 1 unspecified atom stereocenters. The molecule has 0 aliphatic rings. The van der Waals surface area contributed by atoms with E-state index in [1.54, 1.807) is 22.6 Å². The Morgan fingerprint density at radius 1 is 1.27 bits per heavy atom. The molecule has 0 radical (unpaired) electrons. The molecule has 0 aliphatic heterocycles. The molecule has 1 atom stereocenters. The monoisotopic (exact) mass is 346 g/mol. The Balaban J connectivity index is 4.55. The molecule has 3 nitrogen and oxygen atoms in total. The topological polar surface area (TPSA) is 43.4 Å². The summed E-state index contributed by atoms with van der Waals surface area (Å²) < 4.78 is 4.45. The van der Waals surface area contributed by atoms with Gasteiger partial charge in [0.25, 0.3) is 0 Å². The maximum absolute atomic E-state index is 11.5. The van der Waals surface area contributed by atoms with Crippen LogP contribution >= 0.6 is 34.2 Å². The van der Waals surface area contributed by atoms with E-state index in [1.165, 1.54) is 0 Å². The van der Waals surface area contributed by atoms with Gasteiger partial charge in [-0.1, -0.05) is 43.4 Å². The van der Waals surface area contributed by atoms with Crippen LogP contribution < -0.4 is 0 Å². The number of esters is 1. The van der Waals surface area contributed by atoms with Crippen LogP contribution in [0.1, 0.15) is 40.0 Å². The molecule has 0 saturated heterocycles. The summed E-state index contributed by atoms with van der Waals surface area (Å²) in [5.41, 5.74) is -0.452. The van der Waals surface area contributed by atoms with Gasteiger partial charge in [-0.15, -0.1) is 0 Å². The highest BCUT2D eigenvalue weighted by Gasteiger charge is 2.33. The Morgan fingerprint density at radius 3 is 1.93 bits per heavy atom. The number of carbonyl (C=O) groups excluding carboxylic acids is 2. The van der Waals surface area contributed by atoms with E-state index < -0.39 is 20.7 Å². The van der Waals surface area contributed by atoms with Gasteiger partial charge in [0.2, 0.25) is 5.24 Å². The summed E-state index contributed by atoms with van der Waals surface area (Å²) in [6.07, 6.45) is 2.22. The summed E-state index contributed by atoms with van der Waals surface area (Å²) in [7, 11) is 0. The van der Waals surface area contributed by atoms with Crippen molar-refractivity contribution >= 4 is 45.4 Å². The van der Waals surface area contributed by atoms with Crippen molar-refractivity contribution in [3.05, 3.63) is 0 Å². The normalized spacial score (nSPS) is 13.4. The molecule has 0 aromatic rings. The average Bonchev–Trinajstić information content (AvgIpc) is 2.24. The summed E-state index contributed by atoms with van der Waals surface area (Å²) >= 11 is 6.92. The van der Waals surface area contributed by atoms with Crippen molar-refractivity contribution in [2.45, 2.75) is 49.6 Å². The first-order chi connectivity index (χ1) is 6.92. The fourth-order valence-corrected chi connectivity index (χ4v) is 1.54. The van der Waals surface area contributed by atoms with E-state index >= 15 is 0 Å². The van der Waals surface area contributed by atoms with Crippen molar-refractivity contribution in [1.82, 2.24) is 0 Å². The van der Waals surface area contributed by atoms with Crippen LogP contribution in [0.15, 0.2) is 0 Å². The van der Waals surface area contributed by atoms with Crippen molar-refractivity contribution < 1.29 is 14.3 Å². The fourth-order valence-electron chi connectivity index (χ4n) is 1.32. The zero-order valence-corrected chi connectivity index (χ0v) is 12.1. The summed E-state index contributed by atoms with van der Waals surface area (Å²) in [5.74, 6) is -0.541. The largest absolute Gasteiger partial charge is 0.458 e. The Kier molecular flexibility index (Phi) is 6.75. The standard InChI is InChI=1S/C10H16ClIO3/c1-4-10(5-2,6-3)15-9(14)7(12)8(11)13/h7H,4-6H2,1-3H3. The van der Waals surface area contributed by atoms with Gasteiger partial charge >= 0.3 is 5.97 Å². The second kappa shape index (κ2) is 6.68. The van der Waals surface area contributed by atoms with Crippen LogP contribution in [0.2, 0.25) is 0 Å². The third kappa shape index (κ3) is 4.26. The van der Waals surface area contributed by atoms with Gasteiger partial charge in [0.1, 0.15) is 5.60 Å². The molecule has 0 rings (SSSR count). The van der Waals surface area contributed by atoms with E-state index in [1.807, 2.05) is 20.8 Å². The van der Waals surface area contributed by atoms with Gasteiger partial charge in [-0.25, -0.2) is 0 Å². The number of alkyl halides is 1. The fraction of sp³-hybridized carbons (Fsp3) is 0.800. The Hall–Kier alpha value is 0.160. The predicted molar refractivity (Wildman–Crippen MR) is 68.4 cm³/mol. The van der Waals surface area contributed by atoms with Gasteiger partial charge in [-0.05, 0) is 30.9 Å². The summed E-state index contributed by atoms with van der Waals surface area (Å²) in [5, 5.41) is -0.683. The number of hydrogen-bond donors (Lipinski definition) is 0. The first-order valence-electron chi connectivity index (χ1n) is 4.98. The molecule has 0 amide bonds. The Bertz CT molecular complexity index is 231. The third-order valence-electron chi connectivity index (χ3n) is 2.66. The molecule has 88 valence electrons. The maximum atomic E-state index is 11.5. The van der Waals surface area contributed by atoms with Crippen LogP contribution in [0.3, 0.4) is 0 Å². The molecular weight excluding hydrogens is 330 g/mol. The first-order valence-corrected chi connectivity index (χ1v) is 6.61. The number of halogens is 2. The SMILES string of the molecule is CCC(CC)(CC)OC(=O)C(I)C(=O)Cl. The molecule has 0 saturated carbocycles. The summed E-state index contributed by atoms with van der Waals surface area (Å²) in [6, 6.07) is 0. The van der Waals surface area contributed by atoms with Crippen LogP contribution in [0.4, 0.5) is 0 Å². The lowest BCUT2D eigenvalue weighted by atomic mass is 9.94. The van der Waals surface area contributed by atoms with Gasteiger partial charge in [0.15, 0.2) is 3.92 Å². The Morgan fingerprint density at radius 2 is 1.67 bits per heavy atom. The summed E-state index contributed by atoms with van der Waals surface area (Å²) in [4.78, 5) is 22.3. The van der Waals surface area contributed by atoms with Crippen molar-refractivity contribution in [2.75, 3.05) is 0 Å². The minimum absolute atomic E-state index is 0.452. The molecule has 0 spiro atoms. The van der Waals surface area contributed by atoms with Crippen LogP contribution in [-0.2, 0) is 14.3 Å². The highest BCUT2D eigenvalue weighted by molar-refractivity contribution is 14.1. The molecule has 0 heterocycles. The number of hydrogen-bond acceptors (Lipinski definition) is 3. The molecule has 15 heavy (non-hydrogen) atoms. The predicted octanol–water partition coefficient (Wildman–Crippen LogP) is 3.07.